The zero-order valence-electron chi connectivity index (χ0n) is 8.59. The van der Waals surface area contributed by atoms with Crippen LogP contribution in [0, 0.1) is 11.8 Å². The van der Waals surface area contributed by atoms with Crippen molar-refractivity contribution in [3.05, 3.63) is 21.3 Å². The quantitative estimate of drug-likeness (QED) is 0.836. The van der Waals surface area contributed by atoms with Gasteiger partial charge < -0.3 is 5.32 Å². The average molecular weight is 230 g/mol. The van der Waals surface area contributed by atoms with Crippen LogP contribution in [0.4, 0.5) is 0 Å². The van der Waals surface area contributed by atoms with Crippen molar-refractivity contribution in [3.8, 4) is 0 Å². The number of nitrogens with one attached hydrogen (secondary N) is 1. The zero-order chi connectivity index (χ0) is 10.1. The molecule has 3 heteroatoms. The van der Waals surface area contributed by atoms with Gasteiger partial charge >= 0.3 is 0 Å². The lowest BCUT2D eigenvalue weighted by Gasteiger charge is -2.14. The molecule has 2 rings (SSSR count). The summed E-state index contributed by atoms with van der Waals surface area (Å²) in [5, 5.41) is 3.42. The Kier molecular flexibility index (Phi) is 3.15. The van der Waals surface area contributed by atoms with E-state index in [-0.39, 0.29) is 0 Å². The van der Waals surface area contributed by atoms with Gasteiger partial charge in [-0.25, -0.2) is 0 Å². The summed E-state index contributed by atoms with van der Waals surface area (Å²) in [6.07, 6.45) is 2.51. The van der Waals surface area contributed by atoms with Crippen LogP contribution in [-0.2, 0) is 6.42 Å². The maximum atomic E-state index is 5.91. The van der Waals surface area contributed by atoms with Crippen LogP contribution in [-0.4, -0.2) is 13.1 Å². The molecule has 14 heavy (non-hydrogen) atoms. The second-order valence-corrected chi connectivity index (χ2v) is 5.98. The van der Waals surface area contributed by atoms with Crippen molar-refractivity contribution in [2.45, 2.75) is 25.8 Å². The fraction of sp³-hybridized carbons (Fsp3) is 0.636. The lowest BCUT2D eigenvalue weighted by atomic mass is 10.1. The van der Waals surface area contributed by atoms with Gasteiger partial charge in [0.1, 0.15) is 0 Å². The highest BCUT2D eigenvalue weighted by Crippen LogP contribution is 2.41. The molecule has 0 saturated heterocycles. The van der Waals surface area contributed by atoms with Gasteiger partial charge in [0.05, 0.1) is 4.34 Å². The fourth-order valence-corrected chi connectivity index (χ4v) is 3.20. The minimum Gasteiger partial charge on any atom is -0.316 e. The van der Waals surface area contributed by atoms with E-state index < -0.39 is 0 Å². The monoisotopic (exact) mass is 229 g/mol. The van der Waals surface area contributed by atoms with E-state index in [1.165, 1.54) is 11.3 Å². The predicted octanol–water partition coefficient (Wildman–Crippen LogP) is 3.19. The van der Waals surface area contributed by atoms with Crippen LogP contribution in [0.15, 0.2) is 12.1 Å². The molecule has 1 heterocycles. The molecule has 1 aliphatic rings. The largest absolute Gasteiger partial charge is 0.316 e. The number of rotatable bonds is 4. The third kappa shape index (κ3) is 2.30. The SMILES string of the molecule is CNC(Cc1ccc(Cl)s1)C1CC1C. The lowest BCUT2D eigenvalue weighted by molar-refractivity contribution is 0.482. The van der Waals surface area contributed by atoms with Gasteiger partial charge in [0.15, 0.2) is 0 Å². The molecule has 1 aliphatic carbocycles. The molecule has 0 spiro atoms. The van der Waals surface area contributed by atoms with Crippen LogP contribution in [0.5, 0.6) is 0 Å². The van der Waals surface area contributed by atoms with E-state index in [2.05, 4.69) is 25.4 Å². The Labute approximate surface area is 94.5 Å². The number of halogens is 1. The van der Waals surface area contributed by atoms with Gasteiger partial charge in [-0.2, -0.15) is 0 Å². The third-order valence-electron chi connectivity index (χ3n) is 3.11. The highest BCUT2D eigenvalue weighted by molar-refractivity contribution is 7.16. The summed E-state index contributed by atoms with van der Waals surface area (Å²) in [4.78, 5) is 1.40. The van der Waals surface area contributed by atoms with Gasteiger partial charge in [0, 0.05) is 10.9 Å². The summed E-state index contributed by atoms with van der Waals surface area (Å²) in [6, 6.07) is 4.77. The van der Waals surface area contributed by atoms with Crippen LogP contribution >= 0.6 is 22.9 Å². The Hall–Kier alpha value is -0.0500. The number of hydrogen-bond donors (Lipinski definition) is 1. The highest BCUT2D eigenvalue weighted by Gasteiger charge is 2.38. The minimum absolute atomic E-state index is 0.639. The molecule has 0 aromatic carbocycles. The van der Waals surface area contributed by atoms with Gasteiger partial charge in [0.25, 0.3) is 0 Å². The van der Waals surface area contributed by atoms with Gasteiger partial charge in [-0.3, -0.25) is 0 Å². The summed E-state index contributed by atoms with van der Waals surface area (Å²) < 4.78 is 0.902. The van der Waals surface area contributed by atoms with Crippen molar-refractivity contribution in [1.82, 2.24) is 5.32 Å². The van der Waals surface area contributed by atoms with Crippen molar-refractivity contribution in [2.75, 3.05) is 7.05 Å². The summed E-state index contributed by atoms with van der Waals surface area (Å²) in [6.45, 7) is 2.33. The average Bonchev–Trinajstić information content (AvgIpc) is 2.72. The van der Waals surface area contributed by atoms with Gasteiger partial charge in [0.2, 0.25) is 0 Å². The predicted molar refractivity (Wildman–Crippen MR) is 63.2 cm³/mol. The minimum atomic E-state index is 0.639. The van der Waals surface area contributed by atoms with Crippen LogP contribution in [0.25, 0.3) is 0 Å². The first-order valence-corrected chi connectivity index (χ1v) is 6.31. The molecule has 3 atom stereocenters. The molecule has 0 bridgehead atoms. The van der Waals surface area contributed by atoms with Crippen molar-refractivity contribution >= 4 is 22.9 Å². The van der Waals surface area contributed by atoms with Crippen LogP contribution in [0.3, 0.4) is 0 Å². The number of hydrogen-bond acceptors (Lipinski definition) is 2. The van der Waals surface area contributed by atoms with Crippen molar-refractivity contribution in [1.29, 1.82) is 0 Å². The molecule has 3 unspecified atom stereocenters. The van der Waals surface area contributed by atoms with E-state index in [0.717, 1.165) is 22.6 Å². The van der Waals surface area contributed by atoms with E-state index in [1.807, 2.05) is 6.07 Å². The van der Waals surface area contributed by atoms with Crippen LogP contribution in [0.1, 0.15) is 18.2 Å². The molecule has 1 aromatic rings. The third-order valence-corrected chi connectivity index (χ3v) is 4.36. The van der Waals surface area contributed by atoms with Gasteiger partial charge in [-0.15, -0.1) is 11.3 Å². The molecular formula is C11H16ClNS. The highest BCUT2D eigenvalue weighted by atomic mass is 35.5. The Morgan fingerprint density at radius 2 is 2.36 bits per heavy atom. The number of likely N-dealkylation sites (N-methyl/N-ethyl adjacent to an activating group) is 1. The molecule has 0 radical (unpaired) electrons. The van der Waals surface area contributed by atoms with Gasteiger partial charge in [-0.1, -0.05) is 18.5 Å². The molecule has 1 aromatic heterocycles. The molecule has 1 N–H and O–H groups in total. The van der Waals surface area contributed by atoms with Crippen LogP contribution in [0.2, 0.25) is 4.34 Å². The van der Waals surface area contributed by atoms with Crippen molar-refractivity contribution < 1.29 is 0 Å². The summed E-state index contributed by atoms with van der Waals surface area (Å²) in [5.74, 6) is 1.78. The van der Waals surface area contributed by atoms with Crippen LogP contribution < -0.4 is 5.32 Å². The summed E-state index contributed by atoms with van der Waals surface area (Å²) in [5.41, 5.74) is 0. The Balaban J connectivity index is 1.94. The molecule has 1 fully saturated rings. The standard InChI is InChI=1S/C11H16ClNS/c1-7-5-9(7)10(13-2)6-8-3-4-11(12)14-8/h3-4,7,9-10,13H,5-6H2,1-2H3. The Morgan fingerprint density at radius 1 is 1.64 bits per heavy atom. The first-order valence-electron chi connectivity index (χ1n) is 5.12. The Bertz CT molecular complexity index is 310. The van der Waals surface area contributed by atoms with E-state index in [0.29, 0.717) is 6.04 Å². The maximum Gasteiger partial charge on any atom is 0.0931 e. The molecule has 1 saturated carbocycles. The second kappa shape index (κ2) is 4.21. The first-order chi connectivity index (χ1) is 6.70. The smallest absolute Gasteiger partial charge is 0.0931 e. The van der Waals surface area contributed by atoms with E-state index in [4.69, 9.17) is 11.6 Å². The first kappa shape index (κ1) is 10.5. The zero-order valence-corrected chi connectivity index (χ0v) is 10.2. The maximum absolute atomic E-state index is 5.91. The van der Waals surface area contributed by atoms with E-state index in [1.54, 1.807) is 11.3 Å². The Morgan fingerprint density at radius 3 is 2.79 bits per heavy atom. The lowest BCUT2D eigenvalue weighted by Crippen LogP contribution is -2.30. The van der Waals surface area contributed by atoms with Crippen molar-refractivity contribution in [3.63, 3.8) is 0 Å². The van der Waals surface area contributed by atoms with Crippen molar-refractivity contribution in [2.24, 2.45) is 11.8 Å². The molecular weight excluding hydrogens is 214 g/mol. The topological polar surface area (TPSA) is 12.0 Å². The second-order valence-electron chi connectivity index (χ2n) is 4.18. The normalized spacial score (nSPS) is 27.6. The molecule has 1 nitrogen and oxygen atoms in total. The van der Waals surface area contributed by atoms with E-state index >= 15 is 0 Å². The van der Waals surface area contributed by atoms with E-state index in [9.17, 15) is 0 Å². The molecule has 78 valence electrons. The van der Waals surface area contributed by atoms with Gasteiger partial charge in [-0.05, 0) is 43.9 Å². The summed E-state index contributed by atoms with van der Waals surface area (Å²) >= 11 is 7.61. The summed E-state index contributed by atoms with van der Waals surface area (Å²) in [7, 11) is 2.06. The molecule has 0 amide bonds. The fourth-order valence-electron chi connectivity index (χ4n) is 2.06. The molecule has 0 aliphatic heterocycles. The number of thiophene rings is 1.